The fourth-order valence-electron chi connectivity index (χ4n) is 2.12. The van der Waals surface area contributed by atoms with Crippen molar-refractivity contribution in [3.8, 4) is 0 Å². The van der Waals surface area contributed by atoms with Crippen molar-refractivity contribution in [1.29, 1.82) is 0 Å². The maximum Gasteiger partial charge on any atom is 0.183 e. The normalized spacial score (nSPS) is 12.2. The van der Waals surface area contributed by atoms with E-state index in [0.717, 1.165) is 24.2 Å². The zero-order chi connectivity index (χ0) is 14.0. The summed E-state index contributed by atoms with van der Waals surface area (Å²) >= 11 is 0. The second-order valence-corrected chi connectivity index (χ2v) is 6.89. The van der Waals surface area contributed by atoms with Gasteiger partial charge in [-0.15, -0.1) is 0 Å². The van der Waals surface area contributed by atoms with E-state index in [1.54, 1.807) is 4.52 Å². The van der Waals surface area contributed by atoms with Crippen LogP contribution in [0.4, 0.5) is 0 Å². The highest BCUT2D eigenvalue weighted by Crippen LogP contribution is 2.19. The molecule has 0 amide bonds. The summed E-state index contributed by atoms with van der Waals surface area (Å²) in [6, 6.07) is 1.88. The van der Waals surface area contributed by atoms with Gasteiger partial charge in [-0.3, -0.25) is 0 Å². The summed E-state index contributed by atoms with van der Waals surface area (Å²) in [5.74, 6) is 0.164. The lowest BCUT2D eigenvalue weighted by Crippen LogP contribution is -2.08. The van der Waals surface area contributed by atoms with Crippen LogP contribution in [0.15, 0.2) is 17.2 Å². The van der Waals surface area contributed by atoms with E-state index in [1.807, 2.05) is 19.9 Å². The van der Waals surface area contributed by atoms with Crippen LogP contribution in [0, 0.1) is 13.8 Å². The summed E-state index contributed by atoms with van der Waals surface area (Å²) in [7, 11) is -3.30. The van der Waals surface area contributed by atoms with Gasteiger partial charge < -0.3 is 0 Å². The molecule has 2 aromatic rings. The molecule has 0 aliphatic heterocycles. The van der Waals surface area contributed by atoms with Crippen LogP contribution in [-0.4, -0.2) is 28.8 Å². The minimum atomic E-state index is -3.30. The molecule has 0 fully saturated rings. The first-order valence-corrected chi connectivity index (χ1v) is 8.15. The molecule has 5 nitrogen and oxygen atoms in total. The highest BCUT2D eigenvalue weighted by Gasteiger charge is 2.21. The number of hydrogen-bond acceptors (Lipinski definition) is 4. The standard InChI is InChI=1S/C13H19N3O2S/c1-4-5-6-7-19(17,18)12-9-14-16-11(3)8-10(2)15-13(12)16/h8-9H,4-7H2,1-3H3. The second kappa shape index (κ2) is 5.28. The molecule has 0 spiro atoms. The van der Waals surface area contributed by atoms with Gasteiger partial charge in [0.05, 0.1) is 11.9 Å². The highest BCUT2D eigenvalue weighted by atomic mass is 32.2. The monoisotopic (exact) mass is 281 g/mol. The maximum atomic E-state index is 12.3. The molecule has 2 heterocycles. The van der Waals surface area contributed by atoms with E-state index in [-0.39, 0.29) is 10.6 Å². The van der Waals surface area contributed by atoms with E-state index < -0.39 is 9.84 Å². The molecule has 0 saturated carbocycles. The average Bonchev–Trinajstić information content (AvgIpc) is 2.73. The van der Waals surface area contributed by atoms with E-state index in [0.29, 0.717) is 12.1 Å². The van der Waals surface area contributed by atoms with E-state index in [9.17, 15) is 8.42 Å². The van der Waals surface area contributed by atoms with Gasteiger partial charge in [-0.2, -0.15) is 5.10 Å². The first-order chi connectivity index (χ1) is 8.95. The molecule has 2 rings (SSSR count). The summed E-state index contributed by atoms with van der Waals surface area (Å²) < 4.78 is 26.2. The molecule has 0 radical (unpaired) electrons. The van der Waals surface area contributed by atoms with Crippen LogP contribution in [0.1, 0.15) is 37.6 Å². The zero-order valence-corrected chi connectivity index (χ0v) is 12.4. The van der Waals surface area contributed by atoms with E-state index >= 15 is 0 Å². The summed E-state index contributed by atoms with van der Waals surface area (Å²) in [5.41, 5.74) is 2.13. The molecule has 0 aliphatic carbocycles. The summed E-state index contributed by atoms with van der Waals surface area (Å²) in [4.78, 5) is 4.56. The molecule has 6 heteroatoms. The van der Waals surface area contributed by atoms with Crippen molar-refractivity contribution in [1.82, 2.24) is 14.6 Å². The number of hydrogen-bond donors (Lipinski definition) is 0. The molecule has 0 N–H and O–H groups in total. The SMILES string of the molecule is CCCCCS(=O)(=O)c1cnn2c(C)cc(C)nc12. The first kappa shape index (κ1) is 14.0. The van der Waals surface area contributed by atoms with Gasteiger partial charge in [-0.1, -0.05) is 19.8 Å². The predicted molar refractivity (Wildman–Crippen MR) is 74.0 cm³/mol. The number of fused-ring (bicyclic) bond motifs is 1. The number of unbranched alkanes of at least 4 members (excludes halogenated alkanes) is 2. The number of nitrogens with zero attached hydrogens (tertiary/aromatic N) is 3. The third-order valence-corrected chi connectivity index (χ3v) is 4.88. The molecule has 104 valence electrons. The molecule has 0 bridgehead atoms. The van der Waals surface area contributed by atoms with Crippen molar-refractivity contribution < 1.29 is 8.42 Å². The van der Waals surface area contributed by atoms with Crippen molar-refractivity contribution >= 4 is 15.5 Å². The molecule has 0 saturated heterocycles. The van der Waals surface area contributed by atoms with Crippen LogP contribution in [0.3, 0.4) is 0 Å². The number of rotatable bonds is 5. The second-order valence-electron chi connectivity index (χ2n) is 4.81. The third-order valence-electron chi connectivity index (χ3n) is 3.10. The Morgan fingerprint density at radius 2 is 2.00 bits per heavy atom. The Hall–Kier alpha value is -1.43. The number of sulfone groups is 1. The van der Waals surface area contributed by atoms with Gasteiger partial charge in [-0.05, 0) is 26.3 Å². The van der Waals surface area contributed by atoms with Gasteiger partial charge >= 0.3 is 0 Å². The van der Waals surface area contributed by atoms with E-state index in [1.165, 1.54) is 6.20 Å². The summed E-state index contributed by atoms with van der Waals surface area (Å²) in [6.07, 6.45) is 4.02. The largest absolute Gasteiger partial charge is 0.233 e. The topological polar surface area (TPSA) is 64.3 Å². The van der Waals surface area contributed by atoms with Gasteiger partial charge in [0.2, 0.25) is 0 Å². The van der Waals surface area contributed by atoms with Gasteiger partial charge in [0.25, 0.3) is 0 Å². The van der Waals surface area contributed by atoms with Crippen LogP contribution >= 0.6 is 0 Å². The van der Waals surface area contributed by atoms with Crippen molar-refractivity contribution in [2.45, 2.75) is 44.9 Å². The van der Waals surface area contributed by atoms with Crippen molar-refractivity contribution in [2.75, 3.05) is 5.75 Å². The molecule has 0 aromatic carbocycles. The maximum absolute atomic E-state index is 12.3. The van der Waals surface area contributed by atoms with Crippen LogP contribution in [-0.2, 0) is 9.84 Å². The van der Waals surface area contributed by atoms with Crippen LogP contribution in [0.25, 0.3) is 5.65 Å². The molecule has 0 atom stereocenters. The molecule has 2 aromatic heterocycles. The quantitative estimate of drug-likeness (QED) is 0.789. The van der Waals surface area contributed by atoms with Crippen LogP contribution < -0.4 is 0 Å². The average molecular weight is 281 g/mol. The Bertz CT molecular complexity index is 689. The van der Waals surface area contributed by atoms with E-state index in [4.69, 9.17) is 0 Å². The minimum absolute atomic E-state index is 0.164. The van der Waals surface area contributed by atoms with Gasteiger partial charge in [-0.25, -0.2) is 17.9 Å². The van der Waals surface area contributed by atoms with Gasteiger partial charge in [0.15, 0.2) is 15.5 Å². The fraction of sp³-hybridized carbons (Fsp3) is 0.538. The Morgan fingerprint density at radius 1 is 1.26 bits per heavy atom. The molecule has 19 heavy (non-hydrogen) atoms. The van der Waals surface area contributed by atoms with Gasteiger partial charge in [0, 0.05) is 11.4 Å². The van der Waals surface area contributed by atoms with Crippen LogP contribution in [0.2, 0.25) is 0 Å². The molecule has 0 aliphatic rings. The lowest BCUT2D eigenvalue weighted by atomic mass is 10.3. The Balaban J connectivity index is 2.45. The minimum Gasteiger partial charge on any atom is -0.233 e. The Kier molecular flexibility index (Phi) is 3.89. The lowest BCUT2D eigenvalue weighted by molar-refractivity contribution is 0.591. The molecular formula is C13H19N3O2S. The highest BCUT2D eigenvalue weighted by molar-refractivity contribution is 7.91. The molecular weight excluding hydrogens is 262 g/mol. The first-order valence-electron chi connectivity index (χ1n) is 6.50. The lowest BCUT2D eigenvalue weighted by Gasteiger charge is -2.04. The number of aryl methyl sites for hydroxylation is 2. The van der Waals surface area contributed by atoms with E-state index in [2.05, 4.69) is 17.0 Å². The smallest absolute Gasteiger partial charge is 0.183 e. The summed E-state index contributed by atoms with van der Waals surface area (Å²) in [6.45, 7) is 5.80. The predicted octanol–water partition coefficient (Wildman–Crippen LogP) is 2.31. The van der Waals surface area contributed by atoms with Gasteiger partial charge in [0.1, 0.15) is 4.90 Å². The Labute approximate surface area is 113 Å². The number of aromatic nitrogens is 3. The zero-order valence-electron chi connectivity index (χ0n) is 11.5. The third kappa shape index (κ3) is 2.78. The summed E-state index contributed by atoms with van der Waals surface area (Å²) in [5, 5.41) is 4.13. The fourth-order valence-corrected chi connectivity index (χ4v) is 3.54. The molecule has 0 unspecified atom stereocenters. The van der Waals surface area contributed by atoms with Crippen LogP contribution in [0.5, 0.6) is 0 Å². The van der Waals surface area contributed by atoms with Crippen molar-refractivity contribution in [3.05, 3.63) is 23.7 Å². The van der Waals surface area contributed by atoms with Crippen molar-refractivity contribution in [3.63, 3.8) is 0 Å². The van der Waals surface area contributed by atoms with Crippen molar-refractivity contribution in [2.24, 2.45) is 0 Å². The Morgan fingerprint density at radius 3 is 2.68 bits per heavy atom.